The van der Waals surface area contributed by atoms with Crippen molar-refractivity contribution in [1.29, 1.82) is 0 Å². The molecular formula is C10H11NO2S2. The predicted molar refractivity (Wildman–Crippen MR) is 63.3 cm³/mol. The van der Waals surface area contributed by atoms with Crippen LogP contribution in [-0.4, -0.2) is 31.5 Å². The second-order valence-electron chi connectivity index (χ2n) is 3.20. The molecule has 1 aliphatic rings. The molecule has 0 radical (unpaired) electrons. The maximum absolute atomic E-state index is 11.9. The van der Waals surface area contributed by atoms with Crippen molar-refractivity contribution in [2.75, 3.05) is 18.1 Å². The highest BCUT2D eigenvalue weighted by Gasteiger charge is 2.19. The molecule has 0 saturated carbocycles. The van der Waals surface area contributed by atoms with Crippen molar-refractivity contribution in [1.82, 2.24) is 0 Å². The van der Waals surface area contributed by atoms with Crippen molar-refractivity contribution in [3.05, 3.63) is 30.3 Å². The largest absolute Gasteiger partial charge is 0.281 e. The Labute approximate surface area is 93.5 Å². The minimum Gasteiger partial charge on any atom is -0.281 e. The van der Waals surface area contributed by atoms with Crippen molar-refractivity contribution < 1.29 is 8.42 Å². The van der Waals surface area contributed by atoms with Gasteiger partial charge in [0, 0.05) is 12.3 Å². The maximum Gasteiger partial charge on any atom is 0.184 e. The molecule has 1 aliphatic heterocycles. The van der Waals surface area contributed by atoms with E-state index in [4.69, 9.17) is 0 Å². The smallest absolute Gasteiger partial charge is 0.184 e. The Morgan fingerprint density at radius 3 is 2.60 bits per heavy atom. The first kappa shape index (κ1) is 10.7. The molecule has 80 valence electrons. The highest BCUT2D eigenvalue weighted by atomic mass is 32.2. The summed E-state index contributed by atoms with van der Waals surface area (Å²) in [5.41, 5.74) is 0. The summed E-state index contributed by atoms with van der Waals surface area (Å²) in [6.07, 6.45) is 0. The second kappa shape index (κ2) is 4.37. The summed E-state index contributed by atoms with van der Waals surface area (Å²) in [5.74, 6) is 0.946. The van der Waals surface area contributed by atoms with Crippen molar-refractivity contribution in [2.45, 2.75) is 4.90 Å². The molecule has 15 heavy (non-hydrogen) atoms. The average Bonchev–Trinajstić information content (AvgIpc) is 2.71. The van der Waals surface area contributed by atoms with Gasteiger partial charge in [-0.05, 0) is 12.1 Å². The van der Waals surface area contributed by atoms with Gasteiger partial charge in [-0.3, -0.25) is 4.99 Å². The molecule has 5 heteroatoms. The van der Waals surface area contributed by atoms with E-state index in [1.807, 2.05) is 0 Å². The lowest BCUT2D eigenvalue weighted by atomic mass is 10.4. The highest BCUT2D eigenvalue weighted by molar-refractivity contribution is 8.15. The third-order valence-electron chi connectivity index (χ3n) is 2.06. The van der Waals surface area contributed by atoms with Crippen molar-refractivity contribution >= 4 is 26.6 Å². The molecule has 0 aliphatic carbocycles. The molecule has 3 nitrogen and oxygen atoms in total. The van der Waals surface area contributed by atoms with Crippen LogP contribution in [0.3, 0.4) is 0 Å². The fraction of sp³-hybridized carbons (Fsp3) is 0.300. The van der Waals surface area contributed by atoms with Crippen LogP contribution < -0.4 is 0 Å². The molecule has 0 atom stereocenters. The second-order valence-corrected chi connectivity index (χ2v) is 6.35. The van der Waals surface area contributed by atoms with E-state index in [2.05, 4.69) is 4.99 Å². The van der Waals surface area contributed by atoms with E-state index in [0.717, 1.165) is 17.3 Å². The first-order chi connectivity index (χ1) is 7.18. The lowest BCUT2D eigenvalue weighted by Crippen LogP contribution is -2.12. The SMILES string of the molecule is O=S(=O)(CC1=NCCS1)c1ccccc1. The number of hydrogen-bond donors (Lipinski definition) is 0. The summed E-state index contributed by atoms with van der Waals surface area (Å²) < 4.78 is 23.8. The zero-order chi connectivity index (χ0) is 10.7. The van der Waals surface area contributed by atoms with Crippen LogP contribution in [0.4, 0.5) is 0 Å². The third kappa shape index (κ3) is 2.60. The summed E-state index contributed by atoms with van der Waals surface area (Å²) in [5, 5.41) is 0.735. The van der Waals surface area contributed by atoms with E-state index >= 15 is 0 Å². The minimum absolute atomic E-state index is 0.0433. The zero-order valence-electron chi connectivity index (χ0n) is 8.09. The van der Waals surface area contributed by atoms with E-state index in [1.165, 1.54) is 11.8 Å². The van der Waals surface area contributed by atoms with Gasteiger partial charge >= 0.3 is 0 Å². The minimum atomic E-state index is -3.20. The van der Waals surface area contributed by atoms with Crippen molar-refractivity contribution in [2.24, 2.45) is 4.99 Å². The van der Waals surface area contributed by atoms with E-state index in [-0.39, 0.29) is 5.75 Å². The van der Waals surface area contributed by atoms with Crippen LogP contribution in [0.15, 0.2) is 40.2 Å². The molecule has 0 amide bonds. The predicted octanol–water partition coefficient (Wildman–Crippen LogP) is 1.61. The van der Waals surface area contributed by atoms with E-state index in [0.29, 0.717) is 4.90 Å². The molecule has 0 aromatic heterocycles. The van der Waals surface area contributed by atoms with Gasteiger partial charge < -0.3 is 0 Å². The van der Waals surface area contributed by atoms with Gasteiger partial charge in [-0.15, -0.1) is 11.8 Å². The van der Waals surface area contributed by atoms with Crippen LogP contribution in [0, 0.1) is 0 Å². The van der Waals surface area contributed by atoms with Crippen LogP contribution in [-0.2, 0) is 9.84 Å². The van der Waals surface area contributed by atoms with Crippen LogP contribution >= 0.6 is 11.8 Å². The molecular weight excluding hydrogens is 230 g/mol. The number of sulfone groups is 1. The van der Waals surface area contributed by atoms with E-state index < -0.39 is 9.84 Å². The molecule has 2 rings (SSSR count). The number of aliphatic imine (C=N–C) groups is 1. The summed E-state index contributed by atoms with van der Waals surface area (Å²) in [6, 6.07) is 8.51. The lowest BCUT2D eigenvalue weighted by molar-refractivity contribution is 0.600. The number of nitrogens with zero attached hydrogens (tertiary/aromatic N) is 1. The molecule has 0 spiro atoms. The van der Waals surface area contributed by atoms with Gasteiger partial charge in [-0.1, -0.05) is 18.2 Å². The Hall–Kier alpha value is -0.810. The molecule has 0 fully saturated rings. The lowest BCUT2D eigenvalue weighted by Gasteiger charge is -2.02. The van der Waals surface area contributed by atoms with Gasteiger partial charge in [-0.25, -0.2) is 8.42 Å². The monoisotopic (exact) mass is 241 g/mol. The molecule has 0 unspecified atom stereocenters. The van der Waals surface area contributed by atoms with Crippen LogP contribution in [0.1, 0.15) is 0 Å². The Morgan fingerprint density at radius 2 is 2.00 bits per heavy atom. The topological polar surface area (TPSA) is 46.5 Å². The van der Waals surface area contributed by atoms with Gasteiger partial charge in [0.2, 0.25) is 0 Å². The Kier molecular flexibility index (Phi) is 3.11. The molecule has 1 aromatic carbocycles. The van der Waals surface area contributed by atoms with Crippen LogP contribution in [0.2, 0.25) is 0 Å². The standard InChI is InChI=1S/C10H11NO2S2/c12-15(13,8-10-11-6-7-14-10)9-4-2-1-3-5-9/h1-5H,6-8H2. The molecule has 1 aromatic rings. The van der Waals surface area contributed by atoms with E-state index in [1.54, 1.807) is 30.3 Å². The first-order valence-electron chi connectivity index (χ1n) is 4.62. The Balaban J connectivity index is 2.21. The zero-order valence-corrected chi connectivity index (χ0v) is 9.72. The normalized spacial score (nSPS) is 16.4. The molecule has 0 saturated heterocycles. The van der Waals surface area contributed by atoms with Gasteiger partial charge in [-0.2, -0.15) is 0 Å². The number of hydrogen-bond acceptors (Lipinski definition) is 4. The van der Waals surface area contributed by atoms with Gasteiger partial charge in [0.25, 0.3) is 0 Å². The fourth-order valence-electron chi connectivity index (χ4n) is 1.34. The van der Waals surface area contributed by atoms with Crippen LogP contribution in [0.5, 0.6) is 0 Å². The maximum atomic E-state index is 11.9. The first-order valence-corrected chi connectivity index (χ1v) is 7.26. The Morgan fingerprint density at radius 1 is 1.27 bits per heavy atom. The Bertz CT molecular complexity index is 465. The van der Waals surface area contributed by atoms with Gasteiger partial charge in [0.05, 0.1) is 9.94 Å². The molecule has 1 heterocycles. The van der Waals surface area contributed by atoms with Crippen molar-refractivity contribution in [3.63, 3.8) is 0 Å². The molecule has 0 bridgehead atoms. The van der Waals surface area contributed by atoms with E-state index in [9.17, 15) is 8.42 Å². The van der Waals surface area contributed by atoms with Gasteiger partial charge in [0.15, 0.2) is 9.84 Å². The summed E-state index contributed by atoms with van der Waals surface area (Å²) in [4.78, 5) is 4.52. The number of thioether (sulfide) groups is 1. The highest BCUT2D eigenvalue weighted by Crippen LogP contribution is 2.17. The molecule has 0 N–H and O–H groups in total. The summed E-state index contributed by atoms with van der Waals surface area (Å²) in [7, 11) is -3.20. The summed E-state index contributed by atoms with van der Waals surface area (Å²) >= 11 is 1.53. The number of benzene rings is 1. The number of rotatable bonds is 3. The average molecular weight is 241 g/mol. The van der Waals surface area contributed by atoms with Crippen molar-refractivity contribution in [3.8, 4) is 0 Å². The third-order valence-corrected chi connectivity index (χ3v) is 4.88. The quantitative estimate of drug-likeness (QED) is 0.807. The fourth-order valence-corrected chi connectivity index (χ4v) is 3.89. The summed E-state index contributed by atoms with van der Waals surface area (Å²) in [6.45, 7) is 0.740. The van der Waals surface area contributed by atoms with Gasteiger partial charge in [0.1, 0.15) is 5.75 Å². The van der Waals surface area contributed by atoms with Crippen LogP contribution in [0.25, 0.3) is 0 Å².